The van der Waals surface area contributed by atoms with E-state index in [1.165, 1.54) is 55.5 Å². The quantitative estimate of drug-likeness (QED) is 0.528. The summed E-state index contributed by atoms with van der Waals surface area (Å²) in [4.78, 5) is 26.5. The van der Waals surface area contributed by atoms with Crippen molar-refractivity contribution in [3.8, 4) is 0 Å². The van der Waals surface area contributed by atoms with E-state index in [4.69, 9.17) is 4.74 Å². The molecule has 2 unspecified atom stereocenters. The van der Waals surface area contributed by atoms with Crippen LogP contribution in [0.15, 0.2) is 23.4 Å². The standard InChI is InChI=1S/C22H33N3O3S/c26-21(24-14-11-17-6-1-2-8-19(17)16-24)12-15-28-22(27)23-29-25-13-5-9-18-7-3-4-10-20(18)25/h8,10,17-18H,1-7,9,11-16H2,(H,23,27). The van der Waals surface area contributed by atoms with Gasteiger partial charge in [0.15, 0.2) is 0 Å². The molecule has 2 heterocycles. The number of piperidine rings is 2. The summed E-state index contributed by atoms with van der Waals surface area (Å²) in [5.41, 5.74) is 2.80. The Kier molecular flexibility index (Phi) is 7.06. The summed E-state index contributed by atoms with van der Waals surface area (Å²) in [6.45, 7) is 2.68. The molecule has 7 heteroatoms. The number of allylic oxidation sites excluding steroid dienone is 3. The highest BCUT2D eigenvalue weighted by molar-refractivity contribution is 7.95. The Balaban J connectivity index is 1.15. The second kappa shape index (κ2) is 9.92. The van der Waals surface area contributed by atoms with E-state index in [0.717, 1.165) is 45.3 Å². The predicted molar refractivity (Wildman–Crippen MR) is 115 cm³/mol. The van der Waals surface area contributed by atoms with Crippen LogP contribution >= 0.6 is 12.1 Å². The SMILES string of the molecule is O=C(NSN1CCCC2CCCC=C21)OCCC(=O)N1CCC2CCCC=C2C1. The summed E-state index contributed by atoms with van der Waals surface area (Å²) in [5, 5.41) is 0. The van der Waals surface area contributed by atoms with Gasteiger partial charge in [0.1, 0.15) is 6.61 Å². The lowest BCUT2D eigenvalue weighted by molar-refractivity contribution is -0.132. The number of fused-ring (bicyclic) bond motifs is 2. The van der Waals surface area contributed by atoms with Crippen LogP contribution in [0.5, 0.6) is 0 Å². The number of nitrogens with zero attached hydrogens (tertiary/aromatic N) is 2. The predicted octanol–water partition coefficient (Wildman–Crippen LogP) is 4.40. The number of rotatable bonds is 5. The van der Waals surface area contributed by atoms with Crippen LogP contribution in [0.2, 0.25) is 0 Å². The molecule has 6 nitrogen and oxygen atoms in total. The molecule has 0 bridgehead atoms. The van der Waals surface area contributed by atoms with Crippen molar-refractivity contribution in [2.75, 3.05) is 26.2 Å². The molecular formula is C22H33N3O3S. The maximum absolute atomic E-state index is 12.5. The average molecular weight is 420 g/mol. The van der Waals surface area contributed by atoms with Crippen molar-refractivity contribution in [3.05, 3.63) is 23.4 Å². The topological polar surface area (TPSA) is 61.9 Å². The van der Waals surface area contributed by atoms with Gasteiger partial charge in [0.2, 0.25) is 5.91 Å². The first-order chi connectivity index (χ1) is 14.2. The molecule has 4 rings (SSSR count). The maximum atomic E-state index is 12.5. The Labute approximate surface area is 178 Å². The second-order valence-corrected chi connectivity index (χ2v) is 9.42. The Morgan fingerprint density at radius 3 is 2.72 bits per heavy atom. The van der Waals surface area contributed by atoms with E-state index < -0.39 is 6.09 Å². The summed E-state index contributed by atoms with van der Waals surface area (Å²) in [7, 11) is 0. The molecule has 29 heavy (non-hydrogen) atoms. The lowest BCUT2D eigenvalue weighted by Crippen LogP contribution is -2.41. The van der Waals surface area contributed by atoms with Gasteiger partial charge in [-0.05, 0) is 69.6 Å². The van der Waals surface area contributed by atoms with Gasteiger partial charge in [-0.1, -0.05) is 17.7 Å². The fourth-order valence-corrected chi connectivity index (χ4v) is 5.89. The highest BCUT2D eigenvalue weighted by atomic mass is 32.2. The van der Waals surface area contributed by atoms with Crippen molar-refractivity contribution in [2.24, 2.45) is 11.8 Å². The zero-order chi connectivity index (χ0) is 20.1. The molecular weight excluding hydrogens is 386 g/mol. The molecule has 0 saturated carbocycles. The van der Waals surface area contributed by atoms with Gasteiger partial charge in [0.25, 0.3) is 0 Å². The maximum Gasteiger partial charge on any atom is 0.418 e. The largest absolute Gasteiger partial charge is 0.448 e. The highest BCUT2D eigenvalue weighted by Crippen LogP contribution is 2.37. The number of nitrogens with one attached hydrogen (secondary N) is 1. The van der Waals surface area contributed by atoms with Crippen LogP contribution in [0.1, 0.15) is 64.2 Å². The van der Waals surface area contributed by atoms with Crippen LogP contribution in [0.25, 0.3) is 0 Å². The van der Waals surface area contributed by atoms with E-state index in [2.05, 4.69) is 21.2 Å². The van der Waals surface area contributed by atoms with E-state index >= 15 is 0 Å². The zero-order valence-corrected chi connectivity index (χ0v) is 18.1. The van der Waals surface area contributed by atoms with E-state index in [1.54, 1.807) is 0 Å². The van der Waals surface area contributed by atoms with Gasteiger partial charge in [0.05, 0.1) is 18.6 Å². The van der Waals surface area contributed by atoms with Crippen LogP contribution < -0.4 is 4.72 Å². The minimum Gasteiger partial charge on any atom is -0.448 e. The molecule has 4 aliphatic rings. The lowest BCUT2D eigenvalue weighted by atomic mass is 9.82. The van der Waals surface area contributed by atoms with Crippen molar-refractivity contribution in [3.63, 3.8) is 0 Å². The van der Waals surface area contributed by atoms with Gasteiger partial charge >= 0.3 is 6.09 Å². The van der Waals surface area contributed by atoms with Crippen molar-refractivity contribution in [2.45, 2.75) is 64.2 Å². The van der Waals surface area contributed by atoms with Gasteiger partial charge < -0.3 is 13.9 Å². The summed E-state index contributed by atoms with van der Waals surface area (Å²) in [6, 6.07) is 0. The van der Waals surface area contributed by atoms with E-state index in [9.17, 15) is 9.59 Å². The summed E-state index contributed by atoms with van der Waals surface area (Å²) >= 11 is 1.33. The van der Waals surface area contributed by atoms with Crippen LogP contribution in [-0.4, -0.2) is 47.4 Å². The Bertz CT molecular complexity index is 678. The molecule has 0 aromatic rings. The van der Waals surface area contributed by atoms with Crippen LogP contribution in [0, 0.1) is 11.8 Å². The number of likely N-dealkylation sites (tertiary alicyclic amines) is 1. The van der Waals surface area contributed by atoms with Crippen molar-refractivity contribution >= 4 is 24.1 Å². The van der Waals surface area contributed by atoms with Gasteiger partial charge in [0, 0.05) is 25.3 Å². The molecule has 2 atom stereocenters. The molecule has 2 aliphatic heterocycles. The van der Waals surface area contributed by atoms with Crippen LogP contribution in [0.3, 0.4) is 0 Å². The van der Waals surface area contributed by atoms with Crippen molar-refractivity contribution < 1.29 is 14.3 Å². The molecule has 0 radical (unpaired) electrons. The van der Waals surface area contributed by atoms with Crippen molar-refractivity contribution in [1.29, 1.82) is 0 Å². The molecule has 160 valence electrons. The Morgan fingerprint density at radius 1 is 1.03 bits per heavy atom. The molecule has 0 spiro atoms. The van der Waals surface area contributed by atoms with Crippen LogP contribution in [-0.2, 0) is 9.53 Å². The molecule has 0 aromatic heterocycles. The molecule has 2 aliphatic carbocycles. The summed E-state index contributed by atoms with van der Waals surface area (Å²) in [5.74, 6) is 1.41. The van der Waals surface area contributed by atoms with Gasteiger partial charge in [-0.25, -0.2) is 9.52 Å². The monoisotopic (exact) mass is 419 g/mol. The van der Waals surface area contributed by atoms with Gasteiger partial charge in [-0.3, -0.25) is 4.79 Å². The second-order valence-electron chi connectivity index (χ2n) is 8.59. The molecule has 2 amide bonds. The first kappa shape index (κ1) is 20.6. The molecule has 2 saturated heterocycles. The van der Waals surface area contributed by atoms with Gasteiger partial charge in [-0.2, -0.15) is 0 Å². The Hall–Kier alpha value is -1.63. The van der Waals surface area contributed by atoms with E-state index in [-0.39, 0.29) is 18.9 Å². The number of hydrogen-bond acceptors (Lipinski definition) is 5. The molecule has 2 fully saturated rings. The Morgan fingerprint density at radius 2 is 1.83 bits per heavy atom. The molecule has 1 N–H and O–H groups in total. The minimum atomic E-state index is -0.463. The van der Waals surface area contributed by atoms with E-state index in [1.807, 2.05) is 4.90 Å². The van der Waals surface area contributed by atoms with E-state index in [0.29, 0.717) is 11.8 Å². The third-order valence-electron chi connectivity index (χ3n) is 6.68. The number of carbonyl (C=O) groups excluding carboxylic acids is 2. The lowest BCUT2D eigenvalue weighted by Gasteiger charge is -2.37. The summed E-state index contributed by atoms with van der Waals surface area (Å²) in [6.07, 6.45) is 15.3. The minimum absolute atomic E-state index is 0.0848. The molecule has 0 aromatic carbocycles. The fourth-order valence-electron chi connectivity index (χ4n) is 5.10. The number of carbonyl (C=O) groups is 2. The normalized spacial score (nSPS) is 26.6. The van der Waals surface area contributed by atoms with Crippen LogP contribution in [0.4, 0.5) is 4.79 Å². The fraction of sp³-hybridized carbons (Fsp3) is 0.727. The summed E-state index contributed by atoms with van der Waals surface area (Å²) < 4.78 is 10.2. The first-order valence-corrected chi connectivity index (χ1v) is 12.0. The number of amides is 2. The first-order valence-electron chi connectivity index (χ1n) is 11.2. The van der Waals surface area contributed by atoms with Gasteiger partial charge in [-0.15, -0.1) is 0 Å². The highest BCUT2D eigenvalue weighted by Gasteiger charge is 2.29. The number of ether oxygens (including phenoxy) is 1. The van der Waals surface area contributed by atoms with Crippen molar-refractivity contribution in [1.82, 2.24) is 13.9 Å². The average Bonchev–Trinajstić information content (AvgIpc) is 2.77. The number of hydrogen-bond donors (Lipinski definition) is 1. The third-order valence-corrected chi connectivity index (χ3v) is 7.55. The zero-order valence-electron chi connectivity index (χ0n) is 17.2. The smallest absolute Gasteiger partial charge is 0.418 e. The third kappa shape index (κ3) is 5.30.